The highest BCUT2D eigenvalue weighted by atomic mass is 127. The van der Waals surface area contributed by atoms with Gasteiger partial charge in [-0.2, -0.15) is 5.26 Å². The van der Waals surface area contributed by atoms with E-state index in [1.165, 1.54) is 6.07 Å². The van der Waals surface area contributed by atoms with Crippen LogP contribution in [0.2, 0.25) is 10.0 Å². The van der Waals surface area contributed by atoms with E-state index in [1.54, 1.807) is 24.3 Å². The fourth-order valence-electron chi connectivity index (χ4n) is 1.85. The number of carbonyl (C=O) groups excluding carboxylic acids is 1. The van der Waals surface area contributed by atoms with Gasteiger partial charge in [-0.05, 0) is 58.5 Å². The number of nitriles is 1. The van der Waals surface area contributed by atoms with Crippen LogP contribution in [0.3, 0.4) is 0 Å². The first-order valence-electron chi connectivity index (χ1n) is 5.78. The predicted molar refractivity (Wildman–Crippen MR) is 96.0 cm³/mol. The molecule has 0 aromatic heterocycles. The second-order valence-corrected chi connectivity index (χ2v) is 7.16. The standard InChI is InChI=1S/C15H7BrCl2INO/c16-13-4-2-9(19)6-11(13)15(21)12(7-20)10-3-1-8(17)5-14(10)18/h1-6,12H. The minimum atomic E-state index is -0.968. The Bertz CT molecular complexity index is 758. The van der Waals surface area contributed by atoms with Crippen molar-refractivity contribution >= 4 is 67.5 Å². The highest BCUT2D eigenvalue weighted by molar-refractivity contribution is 14.1. The van der Waals surface area contributed by atoms with Crippen LogP contribution in [0.4, 0.5) is 0 Å². The lowest BCUT2D eigenvalue weighted by Crippen LogP contribution is -2.12. The summed E-state index contributed by atoms with van der Waals surface area (Å²) < 4.78 is 1.57. The van der Waals surface area contributed by atoms with Gasteiger partial charge in [-0.25, -0.2) is 0 Å². The van der Waals surface area contributed by atoms with Crippen molar-refractivity contribution < 1.29 is 4.79 Å². The van der Waals surface area contributed by atoms with Gasteiger partial charge in [0.05, 0.1) is 6.07 Å². The Labute approximate surface area is 154 Å². The predicted octanol–water partition coefficient (Wildman–Crippen LogP) is 5.85. The number of nitrogens with zero attached hydrogens (tertiary/aromatic N) is 1. The Balaban J connectivity index is 2.49. The maximum atomic E-state index is 12.6. The van der Waals surface area contributed by atoms with Crippen LogP contribution in [-0.4, -0.2) is 5.78 Å². The molecule has 6 heteroatoms. The molecule has 0 aliphatic heterocycles. The van der Waals surface area contributed by atoms with Crippen LogP contribution in [0.25, 0.3) is 0 Å². The van der Waals surface area contributed by atoms with Crippen molar-refractivity contribution in [3.63, 3.8) is 0 Å². The topological polar surface area (TPSA) is 40.9 Å². The molecule has 0 saturated heterocycles. The molecule has 106 valence electrons. The summed E-state index contributed by atoms with van der Waals surface area (Å²) in [6, 6.07) is 12.2. The van der Waals surface area contributed by atoms with Crippen molar-refractivity contribution in [3.8, 4) is 6.07 Å². The maximum absolute atomic E-state index is 12.6. The van der Waals surface area contributed by atoms with Gasteiger partial charge in [0.25, 0.3) is 0 Å². The van der Waals surface area contributed by atoms with Crippen molar-refractivity contribution in [2.75, 3.05) is 0 Å². The lowest BCUT2D eigenvalue weighted by molar-refractivity contribution is 0.0978. The average molecular weight is 495 g/mol. The zero-order valence-corrected chi connectivity index (χ0v) is 15.7. The molecule has 0 N–H and O–H groups in total. The van der Waals surface area contributed by atoms with Crippen LogP contribution in [0.1, 0.15) is 21.8 Å². The van der Waals surface area contributed by atoms with E-state index in [4.69, 9.17) is 23.2 Å². The van der Waals surface area contributed by atoms with Crippen LogP contribution in [0.5, 0.6) is 0 Å². The molecule has 0 aliphatic carbocycles. The number of hydrogen-bond donors (Lipinski definition) is 0. The van der Waals surface area contributed by atoms with Crippen molar-refractivity contribution in [2.45, 2.75) is 5.92 Å². The molecular weight excluding hydrogens is 488 g/mol. The monoisotopic (exact) mass is 493 g/mol. The Morgan fingerprint density at radius 1 is 1.24 bits per heavy atom. The highest BCUT2D eigenvalue weighted by Gasteiger charge is 2.25. The molecule has 2 aromatic rings. The summed E-state index contributed by atoms with van der Waals surface area (Å²) in [7, 11) is 0. The minimum absolute atomic E-state index is 0.299. The second kappa shape index (κ2) is 7.10. The number of halogens is 4. The van der Waals surface area contributed by atoms with Gasteiger partial charge in [-0.1, -0.05) is 45.2 Å². The molecule has 1 atom stereocenters. The third kappa shape index (κ3) is 3.78. The molecule has 0 radical (unpaired) electrons. The van der Waals surface area contributed by atoms with Gasteiger partial charge in [-0.3, -0.25) is 4.79 Å². The maximum Gasteiger partial charge on any atom is 0.185 e. The average Bonchev–Trinajstić information content (AvgIpc) is 2.44. The van der Waals surface area contributed by atoms with E-state index in [1.807, 2.05) is 12.1 Å². The molecular formula is C15H7BrCl2INO. The molecule has 0 amide bonds. The first-order valence-corrected chi connectivity index (χ1v) is 8.40. The molecule has 2 nitrogen and oxygen atoms in total. The first kappa shape index (κ1) is 16.8. The van der Waals surface area contributed by atoms with Gasteiger partial charge < -0.3 is 0 Å². The smallest absolute Gasteiger partial charge is 0.185 e. The zero-order valence-electron chi connectivity index (χ0n) is 10.4. The Morgan fingerprint density at radius 3 is 2.57 bits per heavy atom. The zero-order chi connectivity index (χ0) is 15.6. The van der Waals surface area contributed by atoms with Crippen LogP contribution >= 0.6 is 61.7 Å². The van der Waals surface area contributed by atoms with E-state index >= 15 is 0 Å². The molecule has 0 heterocycles. The SMILES string of the molecule is N#CC(C(=O)c1cc(I)ccc1Br)c1ccc(Cl)cc1Cl. The van der Waals surface area contributed by atoms with E-state index in [-0.39, 0.29) is 5.78 Å². The lowest BCUT2D eigenvalue weighted by Gasteiger charge is -2.12. The third-order valence-corrected chi connectivity index (χ3v) is 4.78. The first-order chi connectivity index (χ1) is 9.93. The highest BCUT2D eigenvalue weighted by Crippen LogP contribution is 2.31. The fourth-order valence-corrected chi connectivity index (χ4v) is 3.30. The number of carbonyl (C=O) groups is 1. The van der Waals surface area contributed by atoms with Gasteiger partial charge in [0.15, 0.2) is 5.78 Å². The van der Waals surface area contributed by atoms with Crippen LogP contribution in [-0.2, 0) is 0 Å². The summed E-state index contributed by atoms with van der Waals surface area (Å²) in [6.07, 6.45) is 0. The van der Waals surface area contributed by atoms with Gasteiger partial charge in [0.2, 0.25) is 0 Å². The lowest BCUT2D eigenvalue weighted by atomic mass is 9.92. The van der Waals surface area contributed by atoms with E-state index in [2.05, 4.69) is 38.5 Å². The quantitative estimate of drug-likeness (QED) is 0.396. The number of benzene rings is 2. The molecule has 21 heavy (non-hydrogen) atoms. The summed E-state index contributed by atoms with van der Waals surface area (Å²) in [4.78, 5) is 12.6. The number of hydrogen-bond acceptors (Lipinski definition) is 2. The molecule has 0 aliphatic rings. The molecule has 2 rings (SSSR count). The summed E-state index contributed by atoms with van der Waals surface area (Å²) in [5.41, 5.74) is 0.916. The molecule has 0 saturated carbocycles. The normalized spacial score (nSPS) is 11.8. The van der Waals surface area contributed by atoms with E-state index in [0.717, 1.165) is 3.57 Å². The summed E-state index contributed by atoms with van der Waals surface area (Å²) in [5.74, 6) is -1.27. The molecule has 0 spiro atoms. The van der Waals surface area contributed by atoms with Crippen LogP contribution in [0, 0.1) is 14.9 Å². The number of rotatable bonds is 3. The number of ketones is 1. The number of Topliss-reactive ketones (excluding diaryl/α,β-unsaturated/α-hetero) is 1. The van der Waals surface area contributed by atoms with Gasteiger partial charge >= 0.3 is 0 Å². The minimum Gasteiger partial charge on any atom is -0.292 e. The molecule has 1 unspecified atom stereocenters. The van der Waals surface area contributed by atoms with Crippen molar-refractivity contribution in [2.24, 2.45) is 0 Å². The largest absolute Gasteiger partial charge is 0.292 e. The third-order valence-electron chi connectivity index (χ3n) is 2.86. The Hall–Kier alpha value is -0.610. The Morgan fingerprint density at radius 2 is 1.95 bits per heavy atom. The second-order valence-electron chi connectivity index (χ2n) is 4.22. The summed E-state index contributed by atoms with van der Waals surface area (Å²) in [6.45, 7) is 0. The Kier molecular flexibility index (Phi) is 5.67. The van der Waals surface area contributed by atoms with Crippen molar-refractivity contribution in [1.82, 2.24) is 0 Å². The van der Waals surface area contributed by atoms with E-state index in [0.29, 0.717) is 25.6 Å². The van der Waals surface area contributed by atoms with Crippen molar-refractivity contribution in [1.29, 1.82) is 5.26 Å². The van der Waals surface area contributed by atoms with Crippen molar-refractivity contribution in [3.05, 3.63) is 65.6 Å². The van der Waals surface area contributed by atoms with Crippen LogP contribution in [0.15, 0.2) is 40.9 Å². The molecule has 0 fully saturated rings. The molecule has 2 aromatic carbocycles. The summed E-state index contributed by atoms with van der Waals surface area (Å²) >= 11 is 17.4. The van der Waals surface area contributed by atoms with E-state index in [9.17, 15) is 10.1 Å². The fraction of sp³-hybridized carbons (Fsp3) is 0.0667. The summed E-state index contributed by atoms with van der Waals surface area (Å²) in [5, 5.41) is 10.2. The van der Waals surface area contributed by atoms with Gasteiger partial charge in [0, 0.05) is 23.7 Å². The van der Waals surface area contributed by atoms with Gasteiger partial charge in [0.1, 0.15) is 5.92 Å². The van der Waals surface area contributed by atoms with E-state index < -0.39 is 5.92 Å². The van der Waals surface area contributed by atoms with Crippen LogP contribution < -0.4 is 0 Å². The molecule has 0 bridgehead atoms. The van der Waals surface area contributed by atoms with Gasteiger partial charge in [-0.15, -0.1) is 0 Å².